The van der Waals surface area contributed by atoms with E-state index in [1.807, 2.05) is 0 Å². The number of carbonyl (C=O) groups is 2. The van der Waals surface area contributed by atoms with Crippen molar-refractivity contribution in [2.75, 3.05) is 5.32 Å². The number of hydrogen-bond acceptors (Lipinski definition) is 6. The quantitative estimate of drug-likeness (QED) is 0.357. The van der Waals surface area contributed by atoms with Crippen LogP contribution in [0, 0.1) is 24.0 Å². The molecule has 29 heavy (non-hydrogen) atoms. The number of amides is 1. The van der Waals surface area contributed by atoms with Crippen LogP contribution in [0.4, 0.5) is 11.4 Å². The van der Waals surface area contributed by atoms with Crippen molar-refractivity contribution >= 4 is 34.6 Å². The van der Waals surface area contributed by atoms with Crippen molar-refractivity contribution in [1.29, 1.82) is 0 Å². The maximum Gasteiger partial charge on any atom is 0.349 e. The Morgan fingerprint density at radius 2 is 1.83 bits per heavy atom. The van der Waals surface area contributed by atoms with Gasteiger partial charge in [-0.3, -0.25) is 14.9 Å². The number of nitro benzene ring substituents is 1. The number of anilines is 1. The summed E-state index contributed by atoms with van der Waals surface area (Å²) < 4.78 is 5.51. The topological polar surface area (TPSA) is 98.5 Å². The first-order valence-electron chi connectivity index (χ1n) is 8.72. The highest BCUT2D eigenvalue weighted by molar-refractivity contribution is 7.12. The molecule has 0 bridgehead atoms. The monoisotopic (exact) mass is 410 g/mol. The van der Waals surface area contributed by atoms with Crippen LogP contribution >= 0.6 is 11.3 Å². The number of nitrogens with one attached hydrogen (secondary N) is 1. The van der Waals surface area contributed by atoms with Crippen LogP contribution in [0.2, 0.25) is 0 Å². The number of rotatable bonds is 6. The van der Waals surface area contributed by atoms with Crippen LogP contribution in [0.25, 0.3) is 0 Å². The molecule has 0 saturated carbocycles. The number of nitrogens with zero attached hydrogens (tertiary/aromatic N) is 1. The zero-order valence-electron chi connectivity index (χ0n) is 15.7. The maximum atomic E-state index is 13.0. The summed E-state index contributed by atoms with van der Waals surface area (Å²) in [6, 6.07) is 14.8. The lowest BCUT2D eigenvalue weighted by atomic mass is 10.1. The molecule has 1 aromatic heterocycles. The fourth-order valence-electron chi connectivity index (χ4n) is 2.74. The van der Waals surface area contributed by atoms with Gasteiger partial charge in [-0.1, -0.05) is 36.4 Å². The third kappa shape index (κ3) is 4.67. The van der Waals surface area contributed by atoms with E-state index < -0.39 is 22.9 Å². The fraction of sp³-hybridized carbons (Fsp3) is 0.143. The van der Waals surface area contributed by atoms with Gasteiger partial charge in [0.25, 0.3) is 11.6 Å². The zero-order valence-corrected chi connectivity index (χ0v) is 16.6. The largest absolute Gasteiger partial charge is 0.443 e. The van der Waals surface area contributed by atoms with Crippen molar-refractivity contribution in [1.82, 2.24) is 0 Å². The van der Waals surface area contributed by atoms with Crippen molar-refractivity contribution < 1.29 is 19.2 Å². The average Bonchev–Trinajstić information content (AvgIpc) is 3.13. The van der Waals surface area contributed by atoms with Crippen molar-refractivity contribution in [3.8, 4) is 0 Å². The molecule has 0 aliphatic rings. The molecule has 1 heterocycles. The van der Waals surface area contributed by atoms with Crippen LogP contribution in [0.5, 0.6) is 0 Å². The predicted molar refractivity (Wildman–Crippen MR) is 110 cm³/mol. The Bertz CT molecular complexity index is 1060. The molecule has 2 aromatic carbocycles. The highest BCUT2D eigenvalue weighted by atomic mass is 32.1. The summed E-state index contributed by atoms with van der Waals surface area (Å²) in [4.78, 5) is 36.7. The van der Waals surface area contributed by atoms with Crippen LogP contribution < -0.4 is 5.32 Å². The summed E-state index contributed by atoms with van der Waals surface area (Å²) in [6.45, 7) is 3.50. The molecule has 0 saturated heterocycles. The number of ether oxygens (including phenoxy) is 1. The summed E-state index contributed by atoms with van der Waals surface area (Å²) in [5, 5.41) is 15.6. The van der Waals surface area contributed by atoms with Gasteiger partial charge in [0.1, 0.15) is 10.6 Å². The fourth-order valence-corrected chi connectivity index (χ4v) is 3.55. The van der Waals surface area contributed by atoms with Crippen molar-refractivity contribution in [3.05, 3.63) is 91.7 Å². The molecule has 1 N–H and O–H groups in total. The van der Waals surface area contributed by atoms with Gasteiger partial charge in [-0.25, -0.2) is 4.79 Å². The molecule has 1 atom stereocenters. The number of nitro groups is 1. The molecule has 3 rings (SSSR count). The van der Waals surface area contributed by atoms with Crippen molar-refractivity contribution in [3.63, 3.8) is 0 Å². The molecule has 7 nitrogen and oxygen atoms in total. The summed E-state index contributed by atoms with van der Waals surface area (Å²) in [7, 11) is 0. The lowest BCUT2D eigenvalue weighted by molar-refractivity contribution is -0.384. The summed E-state index contributed by atoms with van der Waals surface area (Å²) in [5.41, 5.74) is 1.71. The minimum absolute atomic E-state index is 0.0369. The Kier molecular flexibility index (Phi) is 6.04. The second kappa shape index (κ2) is 8.66. The lowest BCUT2D eigenvalue weighted by Crippen LogP contribution is -2.26. The highest BCUT2D eigenvalue weighted by Crippen LogP contribution is 2.29. The first-order chi connectivity index (χ1) is 13.9. The van der Waals surface area contributed by atoms with E-state index >= 15 is 0 Å². The third-order valence-electron chi connectivity index (χ3n) is 4.22. The minimum atomic E-state index is -1.26. The van der Waals surface area contributed by atoms with E-state index in [0.717, 1.165) is 5.56 Å². The molecule has 0 spiro atoms. The van der Waals surface area contributed by atoms with Crippen LogP contribution in [-0.4, -0.2) is 16.8 Å². The van der Waals surface area contributed by atoms with Gasteiger partial charge in [0, 0.05) is 11.6 Å². The number of thiophene rings is 1. The molecule has 148 valence electrons. The van der Waals surface area contributed by atoms with Gasteiger partial charge in [0.05, 0.1) is 4.92 Å². The van der Waals surface area contributed by atoms with Crippen LogP contribution in [0.3, 0.4) is 0 Å². The van der Waals surface area contributed by atoms with Gasteiger partial charge >= 0.3 is 5.97 Å². The van der Waals surface area contributed by atoms with E-state index in [2.05, 4.69) is 5.32 Å². The minimum Gasteiger partial charge on any atom is -0.443 e. The Morgan fingerprint density at radius 3 is 2.45 bits per heavy atom. The molecule has 1 amide bonds. The number of carbonyl (C=O) groups excluding carboxylic acids is 2. The first-order valence-corrected chi connectivity index (χ1v) is 9.60. The van der Waals surface area contributed by atoms with Gasteiger partial charge in [0.15, 0.2) is 0 Å². The highest BCUT2D eigenvalue weighted by Gasteiger charge is 2.28. The Balaban J connectivity index is 1.91. The van der Waals surface area contributed by atoms with E-state index in [1.165, 1.54) is 23.5 Å². The second-order valence-electron chi connectivity index (χ2n) is 6.40. The van der Waals surface area contributed by atoms with E-state index in [-0.39, 0.29) is 11.4 Å². The molecule has 0 radical (unpaired) electrons. The predicted octanol–water partition coefficient (Wildman–Crippen LogP) is 4.81. The normalized spacial score (nSPS) is 11.5. The molecule has 0 aliphatic carbocycles. The first kappa shape index (κ1) is 20.2. The summed E-state index contributed by atoms with van der Waals surface area (Å²) in [5.74, 6) is -1.30. The van der Waals surface area contributed by atoms with Crippen LogP contribution in [-0.2, 0) is 9.53 Å². The third-order valence-corrected chi connectivity index (χ3v) is 5.22. The number of benzene rings is 2. The van der Waals surface area contributed by atoms with E-state index in [0.29, 0.717) is 16.0 Å². The standard InChI is InChI=1S/C21H18N2O5S/c1-13-8-9-16(17(12-13)23(26)27)22-20(24)18(15-6-4-3-5-7-15)28-21(25)19-14(2)10-11-29-19/h3-12,18H,1-2H3,(H,22,24). The molecule has 0 fully saturated rings. The average molecular weight is 410 g/mol. The summed E-state index contributed by atoms with van der Waals surface area (Å²) >= 11 is 1.22. The number of hydrogen-bond donors (Lipinski definition) is 1. The van der Waals surface area contributed by atoms with Crippen molar-refractivity contribution in [2.45, 2.75) is 20.0 Å². The van der Waals surface area contributed by atoms with Gasteiger partial charge in [-0.15, -0.1) is 11.3 Å². The number of aryl methyl sites for hydroxylation is 2. The van der Waals surface area contributed by atoms with Crippen LogP contribution in [0.1, 0.15) is 32.5 Å². The molecule has 1 unspecified atom stereocenters. The Morgan fingerprint density at radius 1 is 1.10 bits per heavy atom. The molecule has 3 aromatic rings. The van der Waals surface area contributed by atoms with Gasteiger partial charge < -0.3 is 10.1 Å². The van der Waals surface area contributed by atoms with Gasteiger partial charge in [-0.05, 0) is 42.5 Å². The molecular weight excluding hydrogens is 392 g/mol. The van der Waals surface area contributed by atoms with Gasteiger partial charge in [0.2, 0.25) is 6.10 Å². The van der Waals surface area contributed by atoms with Crippen molar-refractivity contribution in [2.24, 2.45) is 0 Å². The van der Waals surface area contributed by atoms with E-state index in [9.17, 15) is 19.7 Å². The van der Waals surface area contributed by atoms with E-state index in [1.54, 1.807) is 61.7 Å². The SMILES string of the molecule is Cc1ccc(NC(=O)C(OC(=O)c2sccc2C)c2ccccc2)c([N+](=O)[O-])c1. The smallest absolute Gasteiger partial charge is 0.349 e. The lowest BCUT2D eigenvalue weighted by Gasteiger charge is -2.18. The number of esters is 1. The molecule has 8 heteroatoms. The molecule has 0 aliphatic heterocycles. The second-order valence-corrected chi connectivity index (χ2v) is 7.31. The Labute approximate surface area is 171 Å². The maximum absolute atomic E-state index is 13.0. The van der Waals surface area contributed by atoms with Gasteiger partial charge in [-0.2, -0.15) is 0 Å². The molecular formula is C21H18N2O5S. The zero-order chi connectivity index (χ0) is 21.0. The van der Waals surface area contributed by atoms with E-state index in [4.69, 9.17) is 4.74 Å². The summed E-state index contributed by atoms with van der Waals surface area (Å²) in [6.07, 6.45) is -1.26. The Hall–Kier alpha value is -3.52. The van der Waals surface area contributed by atoms with Crippen LogP contribution in [0.15, 0.2) is 60.0 Å².